The quantitative estimate of drug-likeness (QED) is 0.136. The van der Waals surface area contributed by atoms with Gasteiger partial charge >= 0.3 is 5.69 Å². The van der Waals surface area contributed by atoms with Gasteiger partial charge in [-0.05, 0) is 44.9 Å². The van der Waals surface area contributed by atoms with Gasteiger partial charge in [0.25, 0.3) is 5.56 Å². The van der Waals surface area contributed by atoms with E-state index in [1.807, 2.05) is 0 Å². The summed E-state index contributed by atoms with van der Waals surface area (Å²) in [5, 5.41) is -0.421. The predicted octanol–water partition coefficient (Wildman–Crippen LogP) is 4.39. The van der Waals surface area contributed by atoms with E-state index >= 15 is 8.78 Å². The van der Waals surface area contributed by atoms with Gasteiger partial charge < -0.3 is 14.5 Å². The Balaban J connectivity index is 1.73. The van der Waals surface area contributed by atoms with Crippen LogP contribution in [-0.2, 0) is 16.1 Å². The third kappa shape index (κ3) is 5.81. The lowest BCUT2D eigenvalue weighted by atomic mass is 10.1. The van der Waals surface area contributed by atoms with Crippen LogP contribution in [-0.4, -0.2) is 39.8 Å². The third-order valence-electron chi connectivity index (χ3n) is 6.83. The van der Waals surface area contributed by atoms with E-state index in [1.165, 1.54) is 11.0 Å². The molecule has 0 bridgehead atoms. The molecule has 0 aliphatic carbocycles. The highest BCUT2D eigenvalue weighted by molar-refractivity contribution is 5.84. The molecule has 4 aromatic rings. The van der Waals surface area contributed by atoms with Crippen molar-refractivity contribution in [2.75, 3.05) is 11.4 Å². The largest absolute Gasteiger partial charge is 0.401 e. The van der Waals surface area contributed by atoms with Crippen LogP contribution in [0, 0.1) is 23.3 Å². The molecule has 43 heavy (non-hydrogen) atoms. The summed E-state index contributed by atoms with van der Waals surface area (Å²) in [4.78, 5) is 49.1. The van der Waals surface area contributed by atoms with Crippen molar-refractivity contribution >= 4 is 22.7 Å². The zero-order valence-corrected chi connectivity index (χ0v) is 23.3. The topological polar surface area (TPSA) is 95.1 Å². The molecule has 2 unspecified atom stereocenters. The molecule has 224 valence electrons. The van der Waals surface area contributed by atoms with Gasteiger partial charge in [-0.2, -0.15) is 4.99 Å². The van der Waals surface area contributed by atoms with E-state index in [9.17, 15) is 23.2 Å². The molecule has 0 N–H and O–H groups in total. The smallest absolute Gasteiger partial charge is 0.369 e. The van der Waals surface area contributed by atoms with Crippen molar-refractivity contribution in [3.63, 3.8) is 0 Å². The fourth-order valence-corrected chi connectivity index (χ4v) is 5.05. The molecule has 1 aliphatic rings. The van der Waals surface area contributed by atoms with Crippen molar-refractivity contribution in [2.24, 2.45) is 4.99 Å². The first-order valence-electron chi connectivity index (χ1n) is 13.2. The van der Waals surface area contributed by atoms with Gasteiger partial charge in [0.2, 0.25) is 6.08 Å². The summed E-state index contributed by atoms with van der Waals surface area (Å²) < 4.78 is 66.0. The number of aromatic nitrogens is 2. The second kappa shape index (κ2) is 11.5. The van der Waals surface area contributed by atoms with E-state index in [-0.39, 0.29) is 30.4 Å². The van der Waals surface area contributed by atoms with Crippen LogP contribution in [0.3, 0.4) is 0 Å². The molecular weight excluding hydrogens is 572 g/mol. The molecule has 0 radical (unpaired) electrons. The number of hydrogen-bond donors (Lipinski definition) is 0. The average Bonchev–Trinajstić information content (AvgIpc) is 3.32. The van der Waals surface area contributed by atoms with Crippen LogP contribution < -0.4 is 21.0 Å². The summed E-state index contributed by atoms with van der Waals surface area (Å²) >= 11 is 0. The molecule has 1 fully saturated rings. The Kier molecular flexibility index (Phi) is 7.96. The van der Waals surface area contributed by atoms with Crippen LogP contribution in [0.15, 0.2) is 69.2 Å². The highest BCUT2D eigenvalue weighted by Crippen LogP contribution is 2.34. The number of carbonyl (C=O) groups excluding carboxylic acids is 1. The van der Waals surface area contributed by atoms with Crippen LogP contribution in [0.2, 0.25) is 0 Å². The fourth-order valence-electron chi connectivity index (χ4n) is 5.05. The summed E-state index contributed by atoms with van der Waals surface area (Å²) in [6.07, 6.45) is 0.155. The van der Waals surface area contributed by atoms with Gasteiger partial charge in [0.1, 0.15) is 24.3 Å². The van der Waals surface area contributed by atoms with Crippen LogP contribution in [0.1, 0.15) is 32.8 Å². The second-order valence-corrected chi connectivity index (χ2v) is 10.9. The van der Waals surface area contributed by atoms with Crippen molar-refractivity contribution in [3.05, 3.63) is 104 Å². The molecule has 2 atom stereocenters. The zero-order valence-electron chi connectivity index (χ0n) is 23.3. The molecule has 1 saturated heterocycles. The minimum absolute atomic E-state index is 0.153. The molecule has 0 saturated carbocycles. The molecule has 0 amide bonds. The molecule has 3 aromatic carbocycles. The monoisotopic (exact) mass is 598 g/mol. The van der Waals surface area contributed by atoms with Crippen molar-refractivity contribution < 1.29 is 31.9 Å². The maximum atomic E-state index is 15.8. The average molecular weight is 599 g/mol. The Hall–Kier alpha value is -4.74. The van der Waals surface area contributed by atoms with E-state index in [1.54, 1.807) is 51.1 Å². The lowest BCUT2D eigenvalue weighted by molar-refractivity contribution is -0.0611. The fraction of sp³-hybridized carbons (Fsp3) is 0.300. The second-order valence-electron chi connectivity index (χ2n) is 10.9. The van der Waals surface area contributed by atoms with Gasteiger partial charge in [-0.3, -0.25) is 9.36 Å². The summed E-state index contributed by atoms with van der Waals surface area (Å²) in [7, 11) is 0. The van der Waals surface area contributed by atoms with E-state index in [4.69, 9.17) is 9.57 Å². The van der Waals surface area contributed by atoms with Crippen LogP contribution in [0.4, 0.5) is 23.2 Å². The zero-order chi connectivity index (χ0) is 31.1. The normalized spacial score (nSPS) is 16.9. The number of halogens is 4. The van der Waals surface area contributed by atoms with E-state index < -0.39 is 63.5 Å². The van der Waals surface area contributed by atoms with Gasteiger partial charge in [-0.1, -0.05) is 35.1 Å². The number of aliphatic imine (C=N–C) groups is 1. The summed E-state index contributed by atoms with van der Waals surface area (Å²) in [6.45, 7) is 5.28. The Morgan fingerprint density at radius 2 is 1.60 bits per heavy atom. The first-order valence-corrected chi connectivity index (χ1v) is 13.2. The summed E-state index contributed by atoms with van der Waals surface area (Å²) in [5.74, 6) is -5.23. The highest BCUT2D eigenvalue weighted by atomic mass is 19.2. The summed E-state index contributed by atoms with van der Waals surface area (Å²) in [5.41, 5.74) is -3.66. The lowest BCUT2D eigenvalue weighted by Crippen LogP contribution is -2.43. The predicted molar refractivity (Wildman–Crippen MR) is 149 cm³/mol. The molecule has 9 nitrogen and oxygen atoms in total. The van der Waals surface area contributed by atoms with Crippen molar-refractivity contribution in [3.8, 4) is 5.69 Å². The number of fused-ring (bicyclic) bond motifs is 1. The third-order valence-corrected chi connectivity index (χ3v) is 6.83. The maximum Gasteiger partial charge on any atom is 0.369 e. The standard InChI is InChI=1S/C30H26F4N4O5/c1-30(2,3)43-26-9-10-36(27(26)35-16-39)24-14-23-18(11-21(24)33)28(40)38(42-15-17-7-5-4-6-8-17)29(41)37(23)25-13-20(32)19(31)12-22(25)34/h4-8,11-14,26-27H,9-10,15H2,1-3H3. The Bertz CT molecular complexity index is 1860. The van der Waals surface area contributed by atoms with E-state index in [0.29, 0.717) is 27.3 Å². The lowest BCUT2D eigenvalue weighted by Gasteiger charge is -2.30. The maximum absolute atomic E-state index is 15.8. The first-order chi connectivity index (χ1) is 20.4. The van der Waals surface area contributed by atoms with Crippen LogP contribution >= 0.6 is 0 Å². The van der Waals surface area contributed by atoms with Crippen LogP contribution in [0.5, 0.6) is 0 Å². The van der Waals surface area contributed by atoms with Gasteiger partial charge in [-0.25, -0.2) is 27.2 Å². The Morgan fingerprint density at radius 3 is 2.28 bits per heavy atom. The molecule has 1 aromatic heterocycles. The Morgan fingerprint density at radius 1 is 0.930 bits per heavy atom. The number of isocyanates is 1. The van der Waals surface area contributed by atoms with Crippen LogP contribution in [0.25, 0.3) is 16.6 Å². The minimum atomic E-state index is -1.50. The SMILES string of the molecule is CC(C)(C)OC1CCN(c2cc3c(cc2F)c(=O)n(OCc2ccccc2)c(=O)n3-c2cc(F)c(F)cc2F)C1N=C=O. The van der Waals surface area contributed by atoms with Crippen molar-refractivity contribution in [2.45, 2.75) is 51.7 Å². The number of rotatable bonds is 7. The number of anilines is 1. The summed E-state index contributed by atoms with van der Waals surface area (Å²) in [6, 6.07) is 11.1. The van der Waals surface area contributed by atoms with Gasteiger partial charge in [-0.15, -0.1) is 0 Å². The number of ether oxygens (including phenoxy) is 1. The van der Waals surface area contributed by atoms with Crippen molar-refractivity contribution in [1.29, 1.82) is 0 Å². The molecule has 13 heteroatoms. The Labute approximate surface area is 242 Å². The van der Waals surface area contributed by atoms with Gasteiger partial charge in [0.05, 0.1) is 27.9 Å². The molecule has 2 heterocycles. The highest BCUT2D eigenvalue weighted by Gasteiger charge is 2.39. The number of nitrogens with zero attached hydrogens (tertiary/aromatic N) is 4. The molecule has 0 spiro atoms. The van der Waals surface area contributed by atoms with E-state index in [0.717, 1.165) is 12.1 Å². The van der Waals surface area contributed by atoms with E-state index in [2.05, 4.69) is 4.99 Å². The first kappa shape index (κ1) is 29.7. The van der Waals surface area contributed by atoms with Gasteiger partial charge in [0, 0.05) is 18.7 Å². The molecule has 5 rings (SSSR count). The minimum Gasteiger partial charge on any atom is -0.401 e. The molecule has 1 aliphatic heterocycles. The molecular formula is C30H26F4N4O5. The number of hydrogen-bond acceptors (Lipinski definition) is 7. The van der Waals surface area contributed by atoms with Gasteiger partial charge in [0.15, 0.2) is 17.8 Å². The number of benzene rings is 3. The van der Waals surface area contributed by atoms with Crippen molar-refractivity contribution in [1.82, 2.24) is 9.30 Å².